The molecule has 1 nitrogen and oxygen atoms in total. The van der Waals surface area contributed by atoms with E-state index in [1.165, 1.54) is 25.7 Å². The fourth-order valence-electron chi connectivity index (χ4n) is 1.59. The van der Waals surface area contributed by atoms with Gasteiger partial charge in [0.15, 0.2) is 0 Å². The third-order valence-electron chi connectivity index (χ3n) is 2.20. The molecule has 1 atom stereocenters. The van der Waals surface area contributed by atoms with Gasteiger partial charge < -0.3 is 4.74 Å². The highest BCUT2D eigenvalue weighted by atomic mass is 16.6. The normalized spacial score (nSPS) is 23.7. The van der Waals surface area contributed by atoms with Crippen LogP contribution in [0.3, 0.4) is 0 Å². The maximum Gasteiger partial charge on any atom is 0.0838 e. The SMILES string of the molecule is CCCC(CCC)C1CO1. The van der Waals surface area contributed by atoms with Gasteiger partial charge in [0.1, 0.15) is 0 Å². The molecule has 0 radical (unpaired) electrons. The lowest BCUT2D eigenvalue weighted by Crippen LogP contribution is -2.07. The first-order valence-electron chi connectivity index (χ1n) is 4.50. The molecule has 0 spiro atoms. The van der Waals surface area contributed by atoms with Crippen LogP contribution in [0.1, 0.15) is 39.5 Å². The Morgan fingerprint density at radius 1 is 1.30 bits per heavy atom. The molecule has 1 fully saturated rings. The fourth-order valence-corrected chi connectivity index (χ4v) is 1.59. The molecule has 0 bridgehead atoms. The molecule has 1 aliphatic heterocycles. The third-order valence-corrected chi connectivity index (χ3v) is 2.20. The predicted molar refractivity (Wildman–Crippen MR) is 43.0 cm³/mol. The second kappa shape index (κ2) is 3.97. The van der Waals surface area contributed by atoms with Crippen molar-refractivity contribution in [1.82, 2.24) is 0 Å². The van der Waals surface area contributed by atoms with E-state index in [2.05, 4.69) is 13.8 Å². The number of ether oxygens (including phenoxy) is 1. The Hall–Kier alpha value is -0.0400. The summed E-state index contributed by atoms with van der Waals surface area (Å²) in [5, 5.41) is 0. The molecule has 0 aliphatic carbocycles. The summed E-state index contributed by atoms with van der Waals surface area (Å²) in [6.45, 7) is 5.54. The molecule has 1 saturated heterocycles. The Morgan fingerprint density at radius 3 is 2.10 bits per heavy atom. The van der Waals surface area contributed by atoms with E-state index in [1.807, 2.05) is 0 Å². The van der Waals surface area contributed by atoms with Crippen LogP contribution in [0.5, 0.6) is 0 Å². The Labute approximate surface area is 63.8 Å². The van der Waals surface area contributed by atoms with Gasteiger partial charge in [0.25, 0.3) is 0 Å². The summed E-state index contributed by atoms with van der Waals surface area (Å²) in [6.07, 6.45) is 5.98. The van der Waals surface area contributed by atoms with Gasteiger partial charge in [-0.15, -0.1) is 0 Å². The summed E-state index contributed by atoms with van der Waals surface area (Å²) >= 11 is 0. The Balaban J connectivity index is 2.13. The van der Waals surface area contributed by atoms with Gasteiger partial charge in [-0.25, -0.2) is 0 Å². The molecule has 1 unspecified atom stereocenters. The van der Waals surface area contributed by atoms with Gasteiger partial charge in [-0.2, -0.15) is 0 Å². The largest absolute Gasteiger partial charge is 0.373 e. The van der Waals surface area contributed by atoms with Gasteiger partial charge in [0, 0.05) is 0 Å². The zero-order valence-electron chi connectivity index (χ0n) is 7.10. The van der Waals surface area contributed by atoms with Crippen molar-refractivity contribution in [1.29, 1.82) is 0 Å². The smallest absolute Gasteiger partial charge is 0.0838 e. The topological polar surface area (TPSA) is 12.5 Å². The minimum Gasteiger partial charge on any atom is -0.373 e. The Bertz CT molecular complexity index is 80.7. The van der Waals surface area contributed by atoms with E-state index in [9.17, 15) is 0 Å². The average molecular weight is 142 g/mol. The number of epoxide rings is 1. The van der Waals surface area contributed by atoms with Crippen LogP contribution < -0.4 is 0 Å². The van der Waals surface area contributed by atoms with Crippen molar-refractivity contribution in [2.75, 3.05) is 6.61 Å². The van der Waals surface area contributed by atoms with Crippen LogP contribution in [-0.2, 0) is 4.74 Å². The highest BCUT2D eigenvalue weighted by Crippen LogP contribution is 2.27. The monoisotopic (exact) mass is 142 g/mol. The van der Waals surface area contributed by atoms with Crippen LogP contribution in [0, 0.1) is 5.92 Å². The molecule has 0 aromatic heterocycles. The molecule has 1 heterocycles. The molecule has 1 heteroatoms. The zero-order chi connectivity index (χ0) is 7.40. The summed E-state index contributed by atoms with van der Waals surface area (Å²) in [7, 11) is 0. The predicted octanol–water partition coefficient (Wildman–Crippen LogP) is 2.60. The Kier molecular flexibility index (Phi) is 3.20. The second-order valence-corrected chi connectivity index (χ2v) is 3.21. The van der Waals surface area contributed by atoms with E-state index in [-0.39, 0.29) is 0 Å². The van der Waals surface area contributed by atoms with Gasteiger partial charge in [-0.3, -0.25) is 0 Å². The molecule has 10 heavy (non-hydrogen) atoms. The molecule has 60 valence electrons. The molecule has 0 aromatic rings. The number of hydrogen-bond donors (Lipinski definition) is 0. The van der Waals surface area contributed by atoms with E-state index >= 15 is 0 Å². The van der Waals surface area contributed by atoms with Crippen molar-refractivity contribution >= 4 is 0 Å². The molecule has 0 N–H and O–H groups in total. The summed E-state index contributed by atoms with van der Waals surface area (Å²) in [5.41, 5.74) is 0. The van der Waals surface area contributed by atoms with Gasteiger partial charge in [-0.1, -0.05) is 26.7 Å². The highest BCUT2D eigenvalue weighted by molar-refractivity contribution is 4.78. The Morgan fingerprint density at radius 2 is 1.80 bits per heavy atom. The van der Waals surface area contributed by atoms with Gasteiger partial charge in [-0.05, 0) is 18.8 Å². The highest BCUT2D eigenvalue weighted by Gasteiger charge is 2.30. The minimum atomic E-state index is 0.639. The maximum absolute atomic E-state index is 5.28. The van der Waals surface area contributed by atoms with E-state index in [0.29, 0.717) is 6.10 Å². The lowest BCUT2D eigenvalue weighted by Gasteiger charge is -2.10. The van der Waals surface area contributed by atoms with Crippen molar-refractivity contribution in [2.45, 2.75) is 45.6 Å². The third kappa shape index (κ3) is 2.30. The van der Waals surface area contributed by atoms with Gasteiger partial charge in [0.2, 0.25) is 0 Å². The summed E-state index contributed by atoms with van der Waals surface area (Å²) in [6, 6.07) is 0. The number of rotatable bonds is 5. The fraction of sp³-hybridized carbons (Fsp3) is 1.00. The molecular formula is C9H18O. The minimum absolute atomic E-state index is 0.639. The van der Waals surface area contributed by atoms with Crippen molar-refractivity contribution in [2.24, 2.45) is 5.92 Å². The molecule has 1 aliphatic rings. The molecular weight excluding hydrogens is 124 g/mol. The van der Waals surface area contributed by atoms with Crippen molar-refractivity contribution in [3.63, 3.8) is 0 Å². The van der Waals surface area contributed by atoms with Gasteiger partial charge >= 0.3 is 0 Å². The summed E-state index contributed by atoms with van der Waals surface area (Å²) in [4.78, 5) is 0. The van der Waals surface area contributed by atoms with E-state index in [4.69, 9.17) is 4.74 Å². The molecule has 1 rings (SSSR count). The van der Waals surface area contributed by atoms with Crippen molar-refractivity contribution in [3.8, 4) is 0 Å². The molecule has 0 aromatic carbocycles. The number of hydrogen-bond acceptors (Lipinski definition) is 1. The lowest BCUT2D eigenvalue weighted by molar-refractivity contribution is 0.299. The first kappa shape index (κ1) is 8.06. The quantitative estimate of drug-likeness (QED) is 0.537. The maximum atomic E-state index is 5.28. The standard InChI is InChI=1S/C9H18O/c1-3-5-8(6-4-2)9-7-10-9/h8-9H,3-7H2,1-2H3. The van der Waals surface area contributed by atoms with Crippen molar-refractivity contribution < 1.29 is 4.74 Å². The molecule has 0 saturated carbocycles. The van der Waals surface area contributed by atoms with Crippen LogP contribution in [0.25, 0.3) is 0 Å². The average Bonchev–Trinajstić information content (AvgIpc) is 2.69. The van der Waals surface area contributed by atoms with Crippen LogP contribution in [0.2, 0.25) is 0 Å². The van der Waals surface area contributed by atoms with Crippen LogP contribution in [0.4, 0.5) is 0 Å². The molecule has 0 amide bonds. The van der Waals surface area contributed by atoms with E-state index < -0.39 is 0 Å². The zero-order valence-corrected chi connectivity index (χ0v) is 7.10. The van der Waals surface area contributed by atoms with Crippen LogP contribution in [-0.4, -0.2) is 12.7 Å². The van der Waals surface area contributed by atoms with Crippen LogP contribution in [0.15, 0.2) is 0 Å². The first-order valence-corrected chi connectivity index (χ1v) is 4.50. The van der Waals surface area contributed by atoms with Crippen LogP contribution >= 0.6 is 0 Å². The van der Waals surface area contributed by atoms with Crippen molar-refractivity contribution in [3.05, 3.63) is 0 Å². The summed E-state index contributed by atoms with van der Waals surface area (Å²) < 4.78 is 5.28. The van der Waals surface area contributed by atoms with E-state index in [0.717, 1.165) is 12.5 Å². The first-order chi connectivity index (χ1) is 4.88. The van der Waals surface area contributed by atoms with Gasteiger partial charge in [0.05, 0.1) is 12.7 Å². The summed E-state index contributed by atoms with van der Waals surface area (Å²) in [5.74, 6) is 0.870. The second-order valence-electron chi connectivity index (χ2n) is 3.21. The van der Waals surface area contributed by atoms with E-state index in [1.54, 1.807) is 0 Å². The lowest BCUT2D eigenvalue weighted by atomic mass is 9.95.